The first-order chi connectivity index (χ1) is 10.7. The molecule has 1 fully saturated rings. The van der Waals surface area contributed by atoms with Gasteiger partial charge in [-0.25, -0.2) is 4.98 Å². The summed E-state index contributed by atoms with van der Waals surface area (Å²) < 4.78 is 0. The van der Waals surface area contributed by atoms with Crippen molar-refractivity contribution in [1.29, 1.82) is 0 Å². The van der Waals surface area contributed by atoms with Crippen LogP contribution in [0.25, 0.3) is 0 Å². The van der Waals surface area contributed by atoms with Crippen molar-refractivity contribution in [2.75, 3.05) is 20.1 Å². The second kappa shape index (κ2) is 8.51. The molecule has 1 saturated carbocycles. The van der Waals surface area contributed by atoms with Crippen LogP contribution in [0.2, 0.25) is 0 Å². The van der Waals surface area contributed by atoms with Gasteiger partial charge in [0, 0.05) is 31.9 Å². The third kappa shape index (κ3) is 4.70. The summed E-state index contributed by atoms with van der Waals surface area (Å²) in [5.41, 5.74) is 1.67. The lowest BCUT2D eigenvalue weighted by Gasteiger charge is -2.28. The van der Waals surface area contributed by atoms with Crippen LogP contribution in [0.4, 0.5) is 0 Å². The minimum atomic E-state index is 0.489. The van der Waals surface area contributed by atoms with Crippen LogP contribution >= 0.6 is 11.3 Å². The molecule has 124 valence electrons. The third-order valence-corrected chi connectivity index (χ3v) is 5.89. The molecule has 22 heavy (non-hydrogen) atoms. The van der Waals surface area contributed by atoms with Gasteiger partial charge in [-0.05, 0) is 31.1 Å². The quantitative estimate of drug-likeness (QED) is 0.597. The fourth-order valence-corrected chi connectivity index (χ4v) is 3.99. The highest BCUT2D eigenvalue weighted by atomic mass is 32.1. The average molecular weight is 323 g/mol. The maximum absolute atomic E-state index is 4.60. The van der Waals surface area contributed by atoms with Gasteiger partial charge in [-0.2, -0.15) is 0 Å². The number of hydrogen-bond acceptors (Lipinski definition) is 3. The Balaban J connectivity index is 1.73. The van der Waals surface area contributed by atoms with E-state index in [-0.39, 0.29) is 0 Å². The predicted molar refractivity (Wildman–Crippen MR) is 95.8 cm³/mol. The molecule has 0 aromatic carbocycles. The van der Waals surface area contributed by atoms with Gasteiger partial charge in [0.05, 0.1) is 10.7 Å². The van der Waals surface area contributed by atoms with Gasteiger partial charge in [0.1, 0.15) is 0 Å². The van der Waals surface area contributed by atoms with E-state index in [1.165, 1.54) is 42.8 Å². The fraction of sp³-hybridized carbons (Fsp3) is 0.765. The number of aromatic nitrogens is 1. The summed E-state index contributed by atoms with van der Waals surface area (Å²) in [4.78, 5) is 8.95. The zero-order valence-electron chi connectivity index (χ0n) is 14.2. The lowest BCUT2D eigenvalue weighted by atomic mass is 9.83. The molecule has 0 radical (unpaired) electrons. The largest absolute Gasteiger partial charge is 0.356 e. The molecule has 4 nitrogen and oxygen atoms in total. The lowest BCUT2D eigenvalue weighted by Crippen LogP contribution is -2.43. The summed E-state index contributed by atoms with van der Waals surface area (Å²) in [6.45, 7) is 6.39. The molecule has 1 aromatic heterocycles. The van der Waals surface area contributed by atoms with Crippen LogP contribution in [0.15, 0.2) is 10.4 Å². The van der Waals surface area contributed by atoms with Gasteiger partial charge in [-0.3, -0.25) is 4.99 Å². The van der Waals surface area contributed by atoms with Gasteiger partial charge in [0.25, 0.3) is 0 Å². The summed E-state index contributed by atoms with van der Waals surface area (Å²) in [6.07, 6.45) is 8.71. The maximum Gasteiger partial charge on any atom is 0.191 e. The molecule has 1 heterocycles. The fourth-order valence-electron chi connectivity index (χ4n) is 3.21. The lowest BCUT2D eigenvalue weighted by molar-refractivity contribution is 0.283. The Morgan fingerprint density at radius 1 is 1.32 bits per heavy atom. The van der Waals surface area contributed by atoms with Gasteiger partial charge < -0.3 is 10.6 Å². The average Bonchev–Trinajstić information content (AvgIpc) is 3.20. The van der Waals surface area contributed by atoms with Crippen molar-refractivity contribution in [1.82, 2.24) is 15.6 Å². The van der Waals surface area contributed by atoms with Crippen molar-refractivity contribution in [3.63, 3.8) is 0 Å². The monoisotopic (exact) mass is 322 g/mol. The molecule has 1 aliphatic rings. The van der Waals surface area contributed by atoms with Crippen LogP contribution in [0.3, 0.4) is 0 Å². The summed E-state index contributed by atoms with van der Waals surface area (Å²) >= 11 is 1.76. The van der Waals surface area contributed by atoms with Crippen molar-refractivity contribution in [3.05, 3.63) is 16.1 Å². The Labute approximate surface area is 138 Å². The normalized spacial score (nSPS) is 17.7. The first-order valence-electron chi connectivity index (χ1n) is 8.59. The molecule has 5 heteroatoms. The zero-order valence-corrected chi connectivity index (χ0v) is 15.1. The Bertz CT molecular complexity index is 475. The van der Waals surface area contributed by atoms with Gasteiger partial charge in [0.2, 0.25) is 0 Å². The molecule has 1 aromatic rings. The van der Waals surface area contributed by atoms with Crippen molar-refractivity contribution in [2.45, 2.75) is 58.8 Å². The second-order valence-corrected chi connectivity index (χ2v) is 7.19. The van der Waals surface area contributed by atoms with Crippen molar-refractivity contribution in [3.8, 4) is 0 Å². The highest BCUT2D eigenvalue weighted by molar-refractivity contribution is 7.09. The molecular weight excluding hydrogens is 292 g/mol. The SMILES string of the molecule is CCc1nc(CCNC(=NC)NCC2(CC)CCCC2)cs1. The highest BCUT2D eigenvalue weighted by Crippen LogP contribution is 2.40. The minimum absolute atomic E-state index is 0.489. The first-order valence-corrected chi connectivity index (χ1v) is 9.47. The molecule has 0 atom stereocenters. The first kappa shape index (κ1) is 17.3. The molecule has 2 rings (SSSR count). The van der Waals surface area contributed by atoms with E-state index in [1.54, 1.807) is 11.3 Å². The third-order valence-electron chi connectivity index (χ3n) is 4.84. The minimum Gasteiger partial charge on any atom is -0.356 e. The number of nitrogens with one attached hydrogen (secondary N) is 2. The summed E-state index contributed by atoms with van der Waals surface area (Å²) in [5, 5.41) is 10.3. The van der Waals surface area contributed by atoms with E-state index in [4.69, 9.17) is 0 Å². The maximum atomic E-state index is 4.60. The topological polar surface area (TPSA) is 49.3 Å². The number of guanidine groups is 1. The van der Waals surface area contributed by atoms with E-state index in [9.17, 15) is 0 Å². The smallest absolute Gasteiger partial charge is 0.191 e. The summed E-state index contributed by atoms with van der Waals surface area (Å²) in [6, 6.07) is 0. The highest BCUT2D eigenvalue weighted by Gasteiger charge is 2.31. The molecule has 0 saturated heterocycles. The molecule has 1 aliphatic carbocycles. The van der Waals surface area contributed by atoms with Crippen LogP contribution in [0.1, 0.15) is 56.7 Å². The number of hydrogen-bond donors (Lipinski definition) is 2. The molecular formula is C17H30N4S. The van der Waals surface area contributed by atoms with Crippen LogP contribution in [0, 0.1) is 5.41 Å². The molecule has 0 amide bonds. The van der Waals surface area contributed by atoms with Gasteiger partial charge in [-0.1, -0.05) is 26.7 Å². The van der Waals surface area contributed by atoms with Crippen LogP contribution in [0.5, 0.6) is 0 Å². The number of aryl methyl sites for hydroxylation is 1. The second-order valence-electron chi connectivity index (χ2n) is 6.25. The van der Waals surface area contributed by atoms with Gasteiger partial charge in [0.15, 0.2) is 5.96 Å². The van der Waals surface area contributed by atoms with Crippen molar-refractivity contribution < 1.29 is 0 Å². The van der Waals surface area contributed by atoms with E-state index < -0.39 is 0 Å². The molecule has 0 bridgehead atoms. The number of aliphatic imine (C=N–C) groups is 1. The number of nitrogens with zero attached hydrogens (tertiary/aromatic N) is 2. The Morgan fingerprint density at radius 3 is 2.68 bits per heavy atom. The van der Waals surface area contributed by atoms with E-state index in [0.717, 1.165) is 31.9 Å². The Kier molecular flexibility index (Phi) is 6.68. The number of thiazole rings is 1. The zero-order chi connectivity index (χ0) is 15.8. The summed E-state index contributed by atoms with van der Waals surface area (Å²) in [5.74, 6) is 0.922. The van der Waals surface area contributed by atoms with Crippen LogP contribution in [-0.4, -0.2) is 31.1 Å². The molecule has 0 aliphatic heterocycles. The Morgan fingerprint density at radius 2 is 2.09 bits per heavy atom. The van der Waals surface area contributed by atoms with Gasteiger partial charge >= 0.3 is 0 Å². The van der Waals surface area contributed by atoms with E-state index >= 15 is 0 Å². The van der Waals surface area contributed by atoms with Crippen molar-refractivity contribution >= 4 is 17.3 Å². The van der Waals surface area contributed by atoms with E-state index in [2.05, 4.69) is 39.8 Å². The van der Waals surface area contributed by atoms with E-state index in [1.807, 2.05) is 7.05 Å². The summed E-state index contributed by atoms with van der Waals surface area (Å²) in [7, 11) is 1.85. The molecule has 0 unspecified atom stereocenters. The Hall–Kier alpha value is -1.10. The predicted octanol–water partition coefficient (Wildman–Crippen LogP) is 3.38. The van der Waals surface area contributed by atoms with Crippen LogP contribution < -0.4 is 10.6 Å². The van der Waals surface area contributed by atoms with Crippen molar-refractivity contribution in [2.24, 2.45) is 10.4 Å². The standard InChI is InChI=1S/C17H30N4S/c1-4-15-21-14(12-22-15)8-11-19-16(18-3)20-13-17(5-2)9-6-7-10-17/h12H,4-11,13H2,1-3H3,(H2,18,19,20). The van der Waals surface area contributed by atoms with Crippen LogP contribution in [-0.2, 0) is 12.8 Å². The van der Waals surface area contributed by atoms with Gasteiger partial charge in [-0.15, -0.1) is 11.3 Å². The molecule has 2 N–H and O–H groups in total. The van der Waals surface area contributed by atoms with E-state index in [0.29, 0.717) is 5.41 Å². The molecule has 0 spiro atoms. The number of rotatable bonds is 7.